The van der Waals surface area contributed by atoms with Gasteiger partial charge in [-0.05, 0) is 30.7 Å². The number of hydrogen-bond acceptors (Lipinski definition) is 3. The molecule has 0 aliphatic carbocycles. The minimum absolute atomic E-state index is 0.0986. The molecular formula is C26H24N4O. The standard InChI is InChI=1S/C26H24N4O/c1-20-9-8-10-21(17-20)18-25(31)28-27-16-15-23-19-30(24-13-6-3-7-14-24)29-26(23)22-11-4-2-5-12-22/h2-17,19,27H,18H2,1H3,(H,28,31)/b16-15+. The number of aromatic nitrogens is 2. The van der Waals surface area contributed by atoms with Crippen molar-refractivity contribution in [1.29, 1.82) is 0 Å². The zero-order valence-corrected chi connectivity index (χ0v) is 17.3. The Morgan fingerprint density at radius 1 is 0.968 bits per heavy atom. The highest BCUT2D eigenvalue weighted by Gasteiger charge is 2.10. The summed E-state index contributed by atoms with van der Waals surface area (Å²) in [5.74, 6) is -0.0986. The molecular weight excluding hydrogens is 384 g/mol. The van der Waals surface area contributed by atoms with Crippen molar-refractivity contribution in [3.63, 3.8) is 0 Å². The van der Waals surface area contributed by atoms with E-state index in [1.807, 2.05) is 109 Å². The van der Waals surface area contributed by atoms with Crippen molar-refractivity contribution in [2.45, 2.75) is 13.3 Å². The second-order valence-corrected chi connectivity index (χ2v) is 7.27. The number of para-hydroxylation sites is 1. The average molecular weight is 409 g/mol. The lowest BCUT2D eigenvalue weighted by Crippen LogP contribution is -2.34. The summed E-state index contributed by atoms with van der Waals surface area (Å²) >= 11 is 0. The number of carbonyl (C=O) groups excluding carboxylic acids is 1. The average Bonchev–Trinajstić information content (AvgIpc) is 3.22. The first kappa shape index (κ1) is 20.2. The molecule has 0 spiro atoms. The molecule has 4 aromatic rings. The third kappa shape index (κ3) is 5.28. The molecule has 0 atom stereocenters. The minimum atomic E-state index is -0.0986. The van der Waals surface area contributed by atoms with Gasteiger partial charge in [0.2, 0.25) is 5.91 Å². The van der Waals surface area contributed by atoms with Crippen LogP contribution in [-0.4, -0.2) is 15.7 Å². The number of amides is 1. The predicted octanol–water partition coefficient (Wildman–Crippen LogP) is 4.68. The molecule has 1 amide bonds. The second-order valence-electron chi connectivity index (χ2n) is 7.27. The highest BCUT2D eigenvalue weighted by molar-refractivity contribution is 5.78. The third-order valence-electron chi connectivity index (χ3n) is 4.82. The molecule has 4 rings (SSSR count). The van der Waals surface area contributed by atoms with Crippen molar-refractivity contribution in [3.05, 3.63) is 114 Å². The number of rotatable bonds is 7. The summed E-state index contributed by atoms with van der Waals surface area (Å²) in [5.41, 5.74) is 11.5. The molecule has 3 aromatic carbocycles. The Balaban J connectivity index is 1.47. The normalized spacial score (nSPS) is 10.9. The first-order chi connectivity index (χ1) is 15.2. The van der Waals surface area contributed by atoms with E-state index in [4.69, 9.17) is 5.10 Å². The number of carbonyl (C=O) groups is 1. The maximum atomic E-state index is 12.2. The Morgan fingerprint density at radius 3 is 2.45 bits per heavy atom. The van der Waals surface area contributed by atoms with Crippen molar-refractivity contribution < 1.29 is 4.79 Å². The SMILES string of the molecule is Cc1cccc(CC(=O)NN/C=C/c2cn(-c3ccccc3)nc2-c2ccccc2)c1. The molecule has 0 saturated carbocycles. The van der Waals surface area contributed by atoms with Gasteiger partial charge in [-0.15, -0.1) is 0 Å². The van der Waals surface area contributed by atoms with Crippen LogP contribution in [-0.2, 0) is 11.2 Å². The maximum absolute atomic E-state index is 12.2. The molecule has 1 heterocycles. The Morgan fingerprint density at radius 2 is 1.71 bits per heavy atom. The lowest BCUT2D eigenvalue weighted by molar-refractivity contribution is -0.121. The van der Waals surface area contributed by atoms with Gasteiger partial charge in [-0.1, -0.05) is 78.4 Å². The van der Waals surface area contributed by atoms with Crippen molar-refractivity contribution in [2.75, 3.05) is 0 Å². The fraction of sp³-hybridized carbons (Fsp3) is 0.0769. The molecule has 0 aliphatic rings. The van der Waals surface area contributed by atoms with E-state index in [1.165, 1.54) is 0 Å². The fourth-order valence-corrected chi connectivity index (χ4v) is 3.35. The van der Waals surface area contributed by atoms with Gasteiger partial charge in [0.15, 0.2) is 0 Å². The quantitative estimate of drug-likeness (QED) is 0.437. The lowest BCUT2D eigenvalue weighted by atomic mass is 10.1. The third-order valence-corrected chi connectivity index (χ3v) is 4.82. The van der Waals surface area contributed by atoms with E-state index in [-0.39, 0.29) is 5.91 Å². The Labute approximate surface area is 182 Å². The zero-order chi connectivity index (χ0) is 21.5. The molecule has 5 heteroatoms. The van der Waals surface area contributed by atoms with E-state index in [1.54, 1.807) is 6.20 Å². The van der Waals surface area contributed by atoms with Gasteiger partial charge in [0, 0.05) is 23.5 Å². The topological polar surface area (TPSA) is 59.0 Å². The van der Waals surface area contributed by atoms with Crippen LogP contribution in [0.1, 0.15) is 16.7 Å². The molecule has 2 N–H and O–H groups in total. The Hall–Kier alpha value is -4.12. The van der Waals surface area contributed by atoms with Crippen molar-refractivity contribution in [3.8, 4) is 16.9 Å². The smallest absolute Gasteiger partial charge is 0.242 e. The fourth-order valence-electron chi connectivity index (χ4n) is 3.35. The maximum Gasteiger partial charge on any atom is 0.242 e. The monoisotopic (exact) mass is 408 g/mol. The van der Waals surface area contributed by atoms with Crippen molar-refractivity contribution in [1.82, 2.24) is 20.6 Å². The summed E-state index contributed by atoms with van der Waals surface area (Å²) in [6.07, 6.45) is 5.92. The van der Waals surface area contributed by atoms with Gasteiger partial charge in [-0.25, -0.2) is 4.68 Å². The summed E-state index contributed by atoms with van der Waals surface area (Å²) in [5, 5.41) is 4.78. The van der Waals surface area contributed by atoms with Gasteiger partial charge in [0.1, 0.15) is 0 Å². The van der Waals surface area contributed by atoms with Crippen LogP contribution in [0.25, 0.3) is 23.0 Å². The van der Waals surface area contributed by atoms with Crippen LogP contribution in [0.3, 0.4) is 0 Å². The summed E-state index contributed by atoms with van der Waals surface area (Å²) < 4.78 is 1.86. The van der Waals surface area contributed by atoms with Gasteiger partial charge in [0.05, 0.1) is 17.8 Å². The number of benzene rings is 3. The molecule has 0 saturated heterocycles. The number of aryl methyl sites for hydroxylation is 1. The van der Waals surface area contributed by atoms with E-state index in [0.717, 1.165) is 33.6 Å². The van der Waals surface area contributed by atoms with Gasteiger partial charge >= 0.3 is 0 Å². The number of nitrogens with zero attached hydrogens (tertiary/aromatic N) is 2. The summed E-state index contributed by atoms with van der Waals surface area (Å²) in [4.78, 5) is 12.2. The highest BCUT2D eigenvalue weighted by atomic mass is 16.2. The number of nitrogens with one attached hydrogen (secondary N) is 2. The largest absolute Gasteiger partial charge is 0.306 e. The van der Waals surface area contributed by atoms with Gasteiger partial charge in [-0.3, -0.25) is 10.2 Å². The number of hydrogen-bond donors (Lipinski definition) is 2. The van der Waals surface area contributed by atoms with Crippen LogP contribution in [0, 0.1) is 6.92 Å². The van der Waals surface area contributed by atoms with Gasteiger partial charge in [0.25, 0.3) is 0 Å². The molecule has 0 fully saturated rings. The van der Waals surface area contributed by atoms with Gasteiger partial charge in [-0.2, -0.15) is 5.10 Å². The van der Waals surface area contributed by atoms with E-state index >= 15 is 0 Å². The molecule has 0 aliphatic heterocycles. The second kappa shape index (κ2) is 9.59. The van der Waals surface area contributed by atoms with E-state index in [0.29, 0.717) is 6.42 Å². The van der Waals surface area contributed by atoms with Crippen molar-refractivity contribution >= 4 is 12.0 Å². The van der Waals surface area contributed by atoms with Gasteiger partial charge < -0.3 is 5.43 Å². The first-order valence-electron chi connectivity index (χ1n) is 10.2. The molecule has 31 heavy (non-hydrogen) atoms. The lowest BCUT2D eigenvalue weighted by Gasteiger charge is -2.05. The molecule has 5 nitrogen and oxygen atoms in total. The van der Waals surface area contributed by atoms with E-state index in [9.17, 15) is 4.79 Å². The van der Waals surface area contributed by atoms with E-state index in [2.05, 4.69) is 10.9 Å². The highest BCUT2D eigenvalue weighted by Crippen LogP contribution is 2.24. The van der Waals surface area contributed by atoms with Crippen LogP contribution >= 0.6 is 0 Å². The van der Waals surface area contributed by atoms with E-state index < -0.39 is 0 Å². The van der Waals surface area contributed by atoms with Crippen LogP contribution < -0.4 is 10.9 Å². The summed E-state index contributed by atoms with van der Waals surface area (Å²) in [6.45, 7) is 2.02. The summed E-state index contributed by atoms with van der Waals surface area (Å²) in [7, 11) is 0. The van der Waals surface area contributed by atoms with Crippen LogP contribution in [0.5, 0.6) is 0 Å². The Kier molecular flexibility index (Phi) is 6.24. The van der Waals surface area contributed by atoms with Crippen LogP contribution in [0.15, 0.2) is 97.3 Å². The Bertz CT molecular complexity index is 1180. The van der Waals surface area contributed by atoms with Crippen molar-refractivity contribution in [2.24, 2.45) is 0 Å². The predicted molar refractivity (Wildman–Crippen MR) is 124 cm³/mol. The molecule has 154 valence electrons. The molecule has 0 unspecified atom stereocenters. The van der Waals surface area contributed by atoms with Crippen LogP contribution in [0.2, 0.25) is 0 Å². The van der Waals surface area contributed by atoms with Crippen LogP contribution in [0.4, 0.5) is 0 Å². The summed E-state index contributed by atoms with van der Waals surface area (Å²) in [6, 6.07) is 28.0. The molecule has 1 aromatic heterocycles. The molecule has 0 radical (unpaired) electrons. The first-order valence-corrected chi connectivity index (χ1v) is 10.2. The number of hydrazine groups is 1. The zero-order valence-electron chi connectivity index (χ0n) is 17.3. The minimum Gasteiger partial charge on any atom is -0.306 e. The molecule has 0 bridgehead atoms.